The molecule has 1 saturated heterocycles. The quantitative estimate of drug-likeness (QED) is 0.597. The summed E-state index contributed by atoms with van der Waals surface area (Å²) in [5.41, 5.74) is 5.31. The van der Waals surface area contributed by atoms with E-state index in [1.165, 1.54) is 6.42 Å². The molecule has 1 rings (SSSR count). The number of carbonyl (C=O) groups is 1. The van der Waals surface area contributed by atoms with Crippen molar-refractivity contribution in [2.75, 3.05) is 19.6 Å². The van der Waals surface area contributed by atoms with Gasteiger partial charge in [0.25, 0.3) is 0 Å². The van der Waals surface area contributed by atoms with Crippen molar-refractivity contribution >= 4 is 5.91 Å². The minimum atomic E-state index is 0.310. The van der Waals surface area contributed by atoms with Crippen LogP contribution in [-0.4, -0.2) is 30.4 Å². The molecule has 1 aliphatic rings. The highest BCUT2D eigenvalue weighted by atomic mass is 16.2. The van der Waals surface area contributed by atoms with Crippen LogP contribution in [0.15, 0.2) is 0 Å². The van der Waals surface area contributed by atoms with Gasteiger partial charge in [0, 0.05) is 19.5 Å². The fourth-order valence-corrected chi connectivity index (χ4v) is 1.14. The van der Waals surface area contributed by atoms with E-state index in [-0.39, 0.29) is 0 Å². The van der Waals surface area contributed by atoms with E-state index in [1.807, 2.05) is 4.90 Å². The van der Waals surface area contributed by atoms with Crippen molar-refractivity contribution in [1.82, 2.24) is 4.90 Å². The minimum absolute atomic E-state index is 0.310. The van der Waals surface area contributed by atoms with Crippen LogP contribution in [-0.2, 0) is 4.79 Å². The van der Waals surface area contributed by atoms with Crippen molar-refractivity contribution < 1.29 is 4.79 Å². The molecule has 1 aliphatic heterocycles. The average molecular weight is 156 g/mol. The third-order valence-corrected chi connectivity index (χ3v) is 2.05. The summed E-state index contributed by atoms with van der Waals surface area (Å²) in [4.78, 5) is 13.1. The molecule has 0 aromatic rings. The molecule has 0 unspecified atom stereocenters. The van der Waals surface area contributed by atoms with E-state index in [9.17, 15) is 4.79 Å². The molecule has 0 radical (unpaired) electrons. The van der Waals surface area contributed by atoms with Crippen LogP contribution in [0, 0.1) is 0 Å². The molecule has 1 fully saturated rings. The smallest absolute Gasteiger partial charge is 0.222 e. The Labute approximate surface area is 67.5 Å². The maximum atomic E-state index is 11.2. The van der Waals surface area contributed by atoms with E-state index >= 15 is 0 Å². The molecule has 0 bridgehead atoms. The number of nitrogens with zero attached hydrogens (tertiary/aromatic N) is 1. The number of unbranched alkanes of at least 4 members (excludes halogenated alkanes) is 1. The fraction of sp³-hybridized carbons (Fsp3) is 0.875. The third kappa shape index (κ3) is 2.50. The Morgan fingerprint density at radius 1 is 1.36 bits per heavy atom. The predicted octanol–water partition coefficient (Wildman–Crippen LogP) is 0.348. The van der Waals surface area contributed by atoms with Gasteiger partial charge in [0.1, 0.15) is 0 Å². The maximum Gasteiger partial charge on any atom is 0.222 e. The Bertz CT molecular complexity index is 132. The number of likely N-dealkylation sites (tertiary alicyclic amines) is 1. The van der Waals surface area contributed by atoms with Gasteiger partial charge in [-0.15, -0.1) is 0 Å². The Kier molecular flexibility index (Phi) is 3.36. The van der Waals surface area contributed by atoms with E-state index in [0.29, 0.717) is 18.9 Å². The first kappa shape index (κ1) is 8.53. The Morgan fingerprint density at radius 2 is 2.09 bits per heavy atom. The SMILES string of the molecule is NCCCCC(=O)N1CCC1. The molecule has 0 aliphatic carbocycles. The van der Waals surface area contributed by atoms with E-state index < -0.39 is 0 Å². The van der Waals surface area contributed by atoms with E-state index in [0.717, 1.165) is 25.9 Å². The second kappa shape index (κ2) is 4.34. The highest BCUT2D eigenvalue weighted by molar-refractivity contribution is 5.76. The topological polar surface area (TPSA) is 46.3 Å². The van der Waals surface area contributed by atoms with Gasteiger partial charge >= 0.3 is 0 Å². The van der Waals surface area contributed by atoms with Crippen LogP contribution in [0.1, 0.15) is 25.7 Å². The molecule has 2 N–H and O–H groups in total. The molecule has 0 atom stereocenters. The Hall–Kier alpha value is -0.570. The molecule has 0 spiro atoms. The lowest BCUT2D eigenvalue weighted by Gasteiger charge is -2.30. The lowest BCUT2D eigenvalue weighted by molar-refractivity contribution is -0.134. The van der Waals surface area contributed by atoms with E-state index in [4.69, 9.17) is 5.73 Å². The summed E-state index contributed by atoms with van der Waals surface area (Å²) in [6.07, 6.45) is 3.80. The van der Waals surface area contributed by atoms with Gasteiger partial charge < -0.3 is 10.6 Å². The van der Waals surface area contributed by atoms with Gasteiger partial charge in [0.15, 0.2) is 0 Å². The number of nitrogens with two attached hydrogens (primary N) is 1. The van der Waals surface area contributed by atoms with Gasteiger partial charge in [-0.2, -0.15) is 0 Å². The molecule has 0 saturated carbocycles. The fourth-order valence-electron chi connectivity index (χ4n) is 1.14. The molecule has 1 heterocycles. The summed E-state index contributed by atoms with van der Waals surface area (Å²) >= 11 is 0. The van der Waals surface area contributed by atoms with Crippen LogP contribution >= 0.6 is 0 Å². The lowest BCUT2D eigenvalue weighted by atomic mass is 10.1. The molecule has 3 heteroatoms. The van der Waals surface area contributed by atoms with E-state index in [1.54, 1.807) is 0 Å². The molecule has 1 amide bonds. The third-order valence-electron chi connectivity index (χ3n) is 2.05. The van der Waals surface area contributed by atoms with Crippen LogP contribution in [0.4, 0.5) is 0 Å². The van der Waals surface area contributed by atoms with E-state index in [2.05, 4.69) is 0 Å². The summed E-state index contributed by atoms with van der Waals surface area (Å²) in [6, 6.07) is 0. The highest BCUT2D eigenvalue weighted by Crippen LogP contribution is 2.09. The van der Waals surface area contributed by atoms with Gasteiger partial charge in [0.05, 0.1) is 0 Å². The summed E-state index contributed by atoms with van der Waals surface area (Å²) in [5, 5.41) is 0. The molecule has 0 aromatic carbocycles. The maximum absolute atomic E-state index is 11.2. The first-order valence-corrected chi connectivity index (χ1v) is 4.32. The molecule has 3 nitrogen and oxygen atoms in total. The number of hydrogen-bond acceptors (Lipinski definition) is 2. The van der Waals surface area contributed by atoms with Crippen molar-refractivity contribution in [2.24, 2.45) is 5.73 Å². The first-order valence-electron chi connectivity index (χ1n) is 4.32. The van der Waals surface area contributed by atoms with Crippen LogP contribution in [0.2, 0.25) is 0 Å². The van der Waals surface area contributed by atoms with Gasteiger partial charge in [-0.05, 0) is 25.8 Å². The van der Waals surface area contributed by atoms with Crippen LogP contribution in [0.3, 0.4) is 0 Å². The van der Waals surface area contributed by atoms with Gasteiger partial charge in [-0.3, -0.25) is 4.79 Å². The van der Waals surface area contributed by atoms with Crippen molar-refractivity contribution in [1.29, 1.82) is 0 Å². The summed E-state index contributed by atoms with van der Waals surface area (Å²) in [6.45, 7) is 2.65. The van der Waals surface area contributed by atoms with Crippen LogP contribution in [0.5, 0.6) is 0 Å². The molecule has 11 heavy (non-hydrogen) atoms. The molecular weight excluding hydrogens is 140 g/mol. The van der Waals surface area contributed by atoms with Crippen molar-refractivity contribution in [3.8, 4) is 0 Å². The average Bonchev–Trinajstić information content (AvgIpc) is 1.84. The molecule has 0 aromatic heterocycles. The summed E-state index contributed by atoms with van der Waals surface area (Å²) in [5.74, 6) is 0.310. The van der Waals surface area contributed by atoms with Gasteiger partial charge in [-0.1, -0.05) is 0 Å². The normalized spacial score (nSPS) is 16.3. The minimum Gasteiger partial charge on any atom is -0.343 e. The van der Waals surface area contributed by atoms with Crippen molar-refractivity contribution in [3.63, 3.8) is 0 Å². The largest absolute Gasteiger partial charge is 0.343 e. The number of rotatable bonds is 4. The number of hydrogen-bond donors (Lipinski definition) is 1. The van der Waals surface area contributed by atoms with Crippen molar-refractivity contribution in [2.45, 2.75) is 25.7 Å². The summed E-state index contributed by atoms with van der Waals surface area (Å²) < 4.78 is 0. The van der Waals surface area contributed by atoms with Crippen LogP contribution in [0.25, 0.3) is 0 Å². The van der Waals surface area contributed by atoms with Crippen molar-refractivity contribution in [3.05, 3.63) is 0 Å². The zero-order chi connectivity index (χ0) is 8.10. The second-order valence-corrected chi connectivity index (χ2v) is 2.98. The predicted molar refractivity (Wildman–Crippen MR) is 44.1 cm³/mol. The highest BCUT2D eigenvalue weighted by Gasteiger charge is 2.18. The Balaban J connectivity index is 2.01. The Morgan fingerprint density at radius 3 is 2.55 bits per heavy atom. The lowest BCUT2D eigenvalue weighted by Crippen LogP contribution is -2.41. The van der Waals surface area contributed by atoms with Gasteiger partial charge in [-0.25, -0.2) is 0 Å². The standard InChI is InChI=1S/C8H16N2O/c9-5-2-1-4-8(11)10-6-3-7-10/h1-7,9H2. The zero-order valence-electron chi connectivity index (χ0n) is 6.88. The summed E-state index contributed by atoms with van der Waals surface area (Å²) in [7, 11) is 0. The second-order valence-electron chi connectivity index (χ2n) is 2.98. The molecular formula is C8H16N2O. The van der Waals surface area contributed by atoms with Gasteiger partial charge in [0.2, 0.25) is 5.91 Å². The first-order chi connectivity index (χ1) is 5.34. The molecule has 64 valence electrons. The zero-order valence-corrected chi connectivity index (χ0v) is 6.88. The monoisotopic (exact) mass is 156 g/mol. The number of amides is 1. The van der Waals surface area contributed by atoms with Crippen LogP contribution < -0.4 is 5.73 Å². The number of carbonyl (C=O) groups excluding carboxylic acids is 1.